The third-order valence-electron chi connectivity index (χ3n) is 2.57. The maximum Gasteiger partial charge on any atom is 0.262 e. The van der Waals surface area contributed by atoms with Crippen molar-refractivity contribution in [2.24, 2.45) is 0 Å². The lowest BCUT2D eigenvalue weighted by Gasteiger charge is -2.10. The molecule has 1 heterocycles. The number of halogens is 3. The number of rotatable bonds is 5. The Balaban J connectivity index is 2.31. The number of anilines is 1. The maximum atomic E-state index is 12.3. The Hall–Kier alpha value is -0.310. The Labute approximate surface area is 145 Å². The zero-order valence-corrected chi connectivity index (χ0v) is 15.5. The first-order valence-electron chi connectivity index (χ1n) is 5.73. The summed E-state index contributed by atoms with van der Waals surface area (Å²) in [4.78, 5) is 1.13. The molecular weight excluding hydrogens is 419 g/mol. The molecule has 0 radical (unpaired) electrons. The molecule has 21 heavy (non-hydrogen) atoms. The van der Waals surface area contributed by atoms with E-state index in [0.29, 0.717) is 11.0 Å². The summed E-state index contributed by atoms with van der Waals surface area (Å²) in [6, 6.07) is 4.81. The molecule has 0 saturated carbocycles. The quantitative estimate of drug-likeness (QED) is 0.695. The summed E-state index contributed by atoms with van der Waals surface area (Å²) in [7, 11) is -1.89. The minimum atomic E-state index is -3.69. The van der Waals surface area contributed by atoms with Gasteiger partial charge in [0.1, 0.15) is 0 Å². The van der Waals surface area contributed by atoms with Crippen LogP contribution in [0.1, 0.15) is 4.88 Å². The van der Waals surface area contributed by atoms with Crippen LogP contribution in [0.15, 0.2) is 32.9 Å². The largest absolute Gasteiger partial charge is 0.315 e. The van der Waals surface area contributed by atoms with Crippen LogP contribution in [0.5, 0.6) is 0 Å². The van der Waals surface area contributed by atoms with Crippen molar-refractivity contribution in [2.45, 2.75) is 11.4 Å². The normalized spacial score (nSPS) is 11.6. The minimum Gasteiger partial charge on any atom is -0.315 e. The summed E-state index contributed by atoms with van der Waals surface area (Å²) in [6.45, 7) is 0.616. The molecule has 114 valence electrons. The topological polar surface area (TPSA) is 58.2 Å². The van der Waals surface area contributed by atoms with Crippen LogP contribution in [0, 0.1) is 0 Å². The van der Waals surface area contributed by atoms with E-state index < -0.39 is 10.0 Å². The molecule has 0 aliphatic rings. The molecule has 0 aliphatic heterocycles. The Kier molecular flexibility index (Phi) is 5.56. The molecule has 1 aromatic heterocycles. The molecule has 0 unspecified atom stereocenters. The first-order chi connectivity index (χ1) is 9.85. The average Bonchev–Trinajstić information content (AvgIpc) is 2.89. The number of benzene rings is 1. The van der Waals surface area contributed by atoms with Gasteiger partial charge >= 0.3 is 0 Å². The van der Waals surface area contributed by atoms with E-state index in [1.165, 1.54) is 11.3 Å². The van der Waals surface area contributed by atoms with Crippen molar-refractivity contribution < 1.29 is 8.42 Å². The smallest absolute Gasteiger partial charge is 0.262 e. The molecule has 0 atom stereocenters. The lowest BCUT2D eigenvalue weighted by molar-refractivity contribution is 0.601. The van der Waals surface area contributed by atoms with E-state index in [4.69, 9.17) is 23.2 Å². The van der Waals surface area contributed by atoms with E-state index in [-0.39, 0.29) is 20.6 Å². The molecule has 0 fully saturated rings. The van der Waals surface area contributed by atoms with Crippen molar-refractivity contribution in [2.75, 3.05) is 11.8 Å². The fourth-order valence-electron chi connectivity index (χ4n) is 1.58. The SMILES string of the molecule is CNCc1cc(S(=O)(=O)Nc2ccc(Br)c(Cl)c2Cl)cs1. The van der Waals surface area contributed by atoms with Gasteiger partial charge in [0.15, 0.2) is 0 Å². The van der Waals surface area contributed by atoms with Crippen LogP contribution in [-0.2, 0) is 16.6 Å². The van der Waals surface area contributed by atoms with Gasteiger partial charge in [0.25, 0.3) is 10.0 Å². The maximum absolute atomic E-state index is 12.3. The van der Waals surface area contributed by atoms with E-state index in [1.807, 2.05) is 0 Å². The van der Waals surface area contributed by atoms with Crippen molar-refractivity contribution in [3.63, 3.8) is 0 Å². The zero-order chi connectivity index (χ0) is 15.6. The van der Waals surface area contributed by atoms with Crippen LogP contribution in [0.25, 0.3) is 0 Å². The lowest BCUT2D eigenvalue weighted by Crippen LogP contribution is -2.12. The fourth-order valence-corrected chi connectivity index (χ4v) is 4.81. The number of sulfonamides is 1. The van der Waals surface area contributed by atoms with E-state index in [1.54, 1.807) is 30.6 Å². The minimum absolute atomic E-state index is 0.153. The van der Waals surface area contributed by atoms with Crippen molar-refractivity contribution >= 4 is 66.2 Å². The van der Waals surface area contributed by atoms with Gasteiger partial charge in [-0.25, -0.2) is 8.42 Å². The number of hydrogen-bond donors (Lipinski definition) is 2. The summed E-state index contributed by atoms with van der Waals surface area (Å²) >= 11 is 16.6. The van der Waals surface area contributed by atoms with Crippen LogP contribution in [0.2, 0.25) is 10.0 Å². The predicted molar refractivity (Wildman–Crippen MR) is 92.1 cm³/mol. The first kappa shape index (κ1) is 17.1. The van der Waals surface area contributed by atoms with Gasteiger partial charge in [-0.1, -0.05) is 23.2 Å². The van der Waals surface area contributed by atoms with Crippen LogP contribution in [0.3, 0.4) is 0 Å². The molecule has 2 N–H and O–H groups in total. The van der Waals surface area contributed by atoms with Gasteiger partial charge in [-0.3, -0.25) is 4.72 Å². The molecule has 0 spiro atoms. The van der Waals surface area contributed by atoms with Crippen molar-refractivity contribution in [1.82, 2.24) is 5.32 Å². The number of hydrogen-bond acceptors (Lipinski definition) is 4. The van der Waals surface area contributed by atoms with Crippen molar-refractivity contribution in [3.05, 3.63) is 43.0 Å². The first-order valence-corrected chi connectivity index (χ1v) is 9.64. The molecule has 0 amide bonds. The highest BCUT2D eigenvalue weighted by molar-refractivity contribution is 9.10. The summed E-state index contributed by atoms with van der Waals surface area (Å²) in [5.41, 5.74) is 0.242. The highest BCUT2D eigenvalue weighted by atomic mass is 79.9. The van der Waals surface area contributed by atoms with Gasteiger partial charge < -0.3 is 5.32 Å². The van der Waals surface area contributed by atoms with Crippen LogP contribution >= 0.6 is 50.5 Å². The van der Waals surface area contributed by atoms with Gasteiger partial charge in [-0.15, -0.1) is 11.3 Å². The molecule has 4 nitrogen and oxygen atoms in total. The zero-order valence-electron chi connectivity index (χ0n) is 10.8. The predicted octanol–water partition coefficient (Wildman–Crippen LogP) is 4.34. The lowest BCUT2D eigenvalue weighted by atomic mass is 10.3. The molecule has 0 bridgehead atoms. The monoisotopic (exact) mass is 428 g/mol. The van der Waals surface area contributed by atoms with E-state index in [0.717, 1.165) is 4.88 Å². The van der Waals surface area contributed by atoms with E-state index in [2.05, 4.69) is 26.0 Å². The van der Waals surface area contributed by atoms with Gasteiger partial charge in [0, 0.05) is 21.3 Å². The van der Waals surface area contributed by atoms with Gasteiger partial charge in [-0.05, 0) is 41.2 Å². The summed E-state index contributed by atoms with van der Waals surface area (Å²) in [5, 5.41) is 4.97. The Morgan fingerprint density at radius 3 is 2.67 bits per heavy atom. The summed E-state index contributed by atoms with van der Waals surface area (Å²) in [6.07, 6.45) is 0. The molecule has 0 saturated heterocycles. The Morgan fingerprint density at radius 1 is 1.29 bits per heavy atom. The second-order valence-electron chi connectivity index (χ2n) is 4.11. The number of thiophene rings is 1. The summed E-state index contributed by atoms with van der Waals surface area (Å²) in [5.74, 6) is 0. The van der Waals surface area contributed by atoms with Gasteiger partial charge in [0.05, 0.1) is 20.6 Å². The highest BCUT2D eigenvalue weighted by Crippen LogP contribution is 2.36. The third kappa shape index (κ3) is 3.91. The standard InChI is InChI=1S/C12H11BrCl2N2O2S2/c1-16-5-7-4-8(6-20-7)21(18,19)17-10-3-2-9(13)11(14)12(10)15/h2-4,6,16-17H,5H2,1H3. The molecule has 1 aromatic carbocycles. The molecule has 2 aromatic rings. The Morgan fingerprint density at radius 2 is 2.00 bits per heavy atom. The second-order valence-corrected chi connectivity index (χ2v) is 8.40. The average molecular weight is 430 g/mol. The van der Waals surface area contributed by atoms with Crippen molar-refractivity contribution in [3.8, 4) is 0 Å². The van der Waals surface area contributed by atoms with Gasteiger partial charge in [0.2, 0.25) is 0 Å². The highest BCUT2D eigenvalue weighted by Gasteiger charge is 2.19. The van der Waals surface area contributed by atoms with E-state index in [9.17, 15) is 8.42 Å². The number of nitrogens with one attached hydrogen (secondary N) is 2. The van der Waals surface area contributed by atoms with Gasteiger partial charge in [-0.2, -0.15) is 0 Å². The molecule has 9 heteroatoms. The second kappa shape index (κ2) is 6.85. The van der Waals surface area contributed by atoms with Crippen molar-refractivity contribution in [1.29, 1.82) is 0 Å². The van der Waals surface area contributed by atoms with Crippen LogP contribution in [0.4, 0.5) is 5.69 Å². The molecular formula is C12H11BrCl2N2O2S2. The summed E-state index contributed by atoms with van der Waals surface area (Å²) < 4.78 is 27.7. The molecule has 2 rings (SSSR count). The fraction of sp³-hybridized carbons (Fsp3) is 0.167. The molecule has 0 aliphatic carbocycles. The van der Waals surface area contributed by atoms with E-state index >= 15 is 0 Å². The Bertz CT molecular complexity index is 763. The van der Waals surface area contributed by atoms with Crippen LogP contribution in [-0.4, -0.2) is 15.5 Å². The van der Waals surface area contributed by atoms with Crippen LogP contribution < -0.4 is 10.0 Å². The third-order valence-corrected chi connectivity index (χ3v) is 6.77.